The van der Waals surface area contributed by atoms with E-state index in [4.69, 9.17) is 14.6 Å². The van der Waals surface area contributed by atoms with Crippen molar-refractivity contribution in [3.63, 3.8) is 0 Å². The summed E-state index contributed by atoms with van der Waals surface area (Å²) in [6.07, 6.45) is -0.215. The van der Waals surface area contributed by atoms with E-state index in [0.29, 0.717) is 13.0 Å². The number of nitrogens with one attached hydrogen (secondary N) is 1. The van der Waals surface area contributed by atoms with Gasteiger partial charge in [0.15, 0.2) is 0 Å². The molecular formula is C20H23NO4. The molecule has 1 unspecified atom stereocenters. The fourth-order valence-electron chi connectivity index (χ4n) is 3.29. The Morgan fingerprint density at radius 2 is 1.72 bits per heavy atom. The van der Waals surface area contributed by atoms with Gasteiger partial charge < -0.3 is 19.9 Å². The van der Waals surface area contributed by atoms with Crippen molar-refractivity contribution in [2.24, 2.45) is 0 Å². The predicted molar refractivity (Wildman–Crippen MR) is 95.6 cm³/mol. The van der Waals surface area contributed by atoms with E-state index in [1.165, 1.54) is 22.3 Å². The highest BCUT2D eigenvalue weighted by molar-refractivity contribution is 5.79. The highest BCUT2D eigenvalue weighted by Crippen LogP contribution is 2.44. The van der Waals surface area contributed by atoms with E-state index in [-0.39, 0.29) is 25.2 Å². The van der Waals surface area contributed by atoms with Crippen LogP contribution in [0.1, 0.15) is 23.5 Å². The smallest absolute Gasteiger partial charge is 0.407 e. The van der Waals surface area contributed by atoms with E-state index in [2.05, 4.69) is 29.6 Å². The molecule has 0 spiro atoms. The van der Waals surface area contributed by atoms with Crippen molar-refractivity contribution in [2.45, 2.75) is 18.4 Å². The van der Waals surface area contributed by atoms with Crippen LogP contribution >= 0.6 is 0 Å². The number of benzene rings is 2. The molecule has 2 N–H and O–H groups in total. The Morgan fingerprint density at radius 3 is 2.28 bits per heavy atom. The van der Waals surface area contributed by atoms with Gasteiger partial charge in [-0.05, 0) is 28.7 Å². The number of rotatable bonds is 7. The van der Waals surface area contributed by atoms with Crippen LogP contribution in [0.2, 0.25) is 0 Å². The van der Waals surface area contributed by atoms with Gasteiger partial charge in [-0.3, -0.25) is 0 Å². The number of carbonyl (C=O) groups is 1. The average molecular weight is 341 g/mol. The van der Waals surface area contributed by atoms with Gasteiger partial charge in [0, 0.05) is 26.2 Å². The normalized spacial score (nSPS) is 13.8. The third-order valence-corrected chi connectivity index (χ3v) is 4.60. The van der Waals surface area contributed by atoms with Gasteiger partial charge in [-0.2, -0.15) is 0 Å². The van der Waals surface area contributed by atoms with Crippen molar-refractivity contribution in [1.29, 1.82) is 0 Å². The molecule has 0 aliphatic heterocycles. The lowest BCUT2D eigenvalue weighted by Crippen LogP contribution is -2.34. The van der Waals surface area contributed by atoms with Crippen molar-refractivity contribution >= 4 is 6.09 Å². The van der Waals surface area contributed by atoms with Gasteiger partial charge in [0.2, 0.25) is 0 Å². The lowest BCUT2D eigenvalue weighted by molar-refractivity contribution is 0.0731. The molecule has 0 saturated heterocycles. The number of methoxy groups -OCH3 is 1. The molecule has 1 atom stereocenters. The lowest BCUT2D eigenvalue weighted by Gasteiger charge is -2.17. The second-order valence-corrected chi connectivity index (χ2v) is 6.08. The van der Waals surface area contributed by atoms with E-state index >= 15 is 0 Å². The average Bonchev–Trinajstić information content (AvgIpc) is 2.97. The largest absolute Gasteiger partial charge is 0.449 e. The Hall–Kier alpha value is -2.37. The molecule has 25 heavy (non-hydrogen) atoms. The van der Waals surface area contributed by atoms with Gasteiger partial charge >= 0.3 is 6.09 Å². The lowest BCUT2D eigenvalue weighted by atomic mass is 9.98. The van der Waals surface area contributed by atoms with Crippen molar-refractivity contribution < 1.29 is 19.4 Å². The number of fused-ring (bicyclic) bond motifs is 3. The molecule has 0 radical (unpaired) electrons. The molecule has 132 valence electrons. The van der Waals surface area contributed by atoms with E-state index in [1.807, 2.05) is 24.3 Å². The van der Waals surface area contributed by atoms with E-state index in [1.54, 1.807) is 7.11 Å². The molecule has 0 fully saturated rings. The van der Waals surface area contributed by atoms with E-state index < -0.39 is 6.09 Å². The van der Waals surface area contributed by atoms with Gasteiger partial charge in [-0.25, -0.2) is 4.79 Å². The Kier molecular flexibility index (Phi) is 5.68. The van der Waals surface area contributed by atoms with Crippen LogP contribution in [-0.4, -0.2) is 44.2 Å². The predicted octanol–water partition coefficient (Wildman–Crippen LogP) is 2.92. The summed E-state index contributed by atoms with van der Waals surface area (Å²) in [6, 6.07) is 16.5. The molecule has 2 aromatic rings. The minimum Gasteiger partial charge on any atom is -0.449 e. The van der Waals surface area contributed by atoms with Crippen LogP contribution in [0, 0.1) is 0 Å². The zero-order valence-electron chi connectivity index (χ0n) is 14.3. The number of carbonyl (C=O) groups excluding carboxylic acids is 1. The first-order valence-corrected chi connectivity index (χ1v) is 8.47. The summed E-state index contributed by atoms with van der Waals surface area (Å²) in [4.78, 5) is 12.0. The topological polar surface area (TPSA) is 67.8 Å². The maximum atomic E-state index is 12.0. The van der Waals surface area contributed by atoms with E-state index in [9.17, 15) is 4.79 Å². The number of ether oxygens (including phenoxy) is 2. The molecule has 5 nitrogen and oxygen atoms in total. The maximum Gasteiger partial charge on any atom is 0.407 e. The SMILES string of the molecule is COC(CCO)CNC(=O)OCC1c2ccccc2-c2ccccc21. The van der Waals surface area contributed by atoms with Crippen molar-refractivity contribution in [1.82, 2.24) is 5.32 Å². The summed E-state index contributed by atoms with van der Waals surface area (Å²) >= 11 is 0. The Balaban J connectivity index is 1.63. The minimum absolute atomic E-state index is 0.0187. The fourth-order valence-corrected chi connectivity index (χ4v) is 3.29. The maximum absolute atomic E-state index is 12.0. The Bertz CT molecular complexity index is 686. The van der Waals surface area contributed by atoms with Crippen LogP contribution in [0.25, 0.3) is 11.1 Å². The summed E-state index contributed by atoms with van der Waals surface area (Å²) in [5, 5.41) is 11.6. The van der Waals surface area contributed by atoms with Crippen LogP contribution in [0.5, 0.6) is 0 Å². The number of aliphatic hydroxyl groups excluding tert-OH is 1. The van der Waals surface area contributed by atoms with Crippen LogP contribution in [0.15, 0.2) is 48.5 Å². The van der Waals surface area contributed by atoms with Crippen molar-refractivity contribution in [3.05, 3.63) is 59.7 Å². The first-order chi connectivity index (χ1) is 12.2. The summed E-state index contributed by atoms with van der Waals surface area (Å²) in [5.74, 6) is 0.0498. The third-order valence-electron chi connectivity index (χ3n) is 4.60. The Morgan fingerprint density at radius 1 is 1.12 bits per heavy atom. The quantitative estimate of drug-likeness (QED) is 0.812. The molecule has 0 saturated carbocycles. The molecule has 1 aliphatic carbocycles. The second kappa shape index (κ2) is 8.14. The highest BCUT2D eigenvalue weighted by atomic mass is 16.5. The summed E-state index contributed by atoms with van der Waals surface area (Å²) in [7, 11) is 1.56. The highest BCUT2D eigenvalue weighted by Gasteiger charge is 2.28. The fraction of sp³-hybridized carbons (Fsp3) is 0.350. The molecular weight excluding hydrogens is 318 g/mol. The number of alkyl carbamates (subject to hydrolysis) is 1. The number of hydrogen-bond acceptors (Lipinski definition) is 4. The molecule has 1 aliphatic rings. The second-order valence-electron chi connectivity index (χ2n) is 6.08. The van der Waals surface area contributed by atoms with Crippen molar-refractivity contribution in [2.75, 3.05) is 26.9 Å². The van der Waals surface area contributed by atoms with Gasteiger partial charge in [0.25, 0.3) is 0 Å². The van der Waals surface area contributed by atoms with Gasteiger partial charge in [-0.15, -0.1) is 0 Å². The standard InChI is InChI=1S/C20H23NO4/c1-24-14(10-11-22)12-21-20(23)25-13-19-17-8-4-2-6-15(17)16-7-3-5-9-18(16)19/h2-9,14,19,22H,10-13H2,1H3,(H,21,23). The van der Waals surface area contributed by atoms with Gasteiger partial charge in [0.1, 0.15) is 6.61 Å². The zero-order valence-corrected chi connectivity index (χ0v) is 14.3. The number of amides is 1. The molecule has 0 aromatic heterocycles. The number of aliphatic hydroxyl groups is 1. The minimum atomic E-state index is -0.471. The molecule has 0 bridgehead atoms. The number of hydrogen-bond donors (Lipinski definition) is 2. The molecule has 1 amide bonds. The molecule has 0 heterocycles. The first kappa shape index (κ1) is 17.5. The summed E-state index contributed by atoms with van der Waals surface area (Å²) in [6.45, 7) is 0.621. The van der Waals surface area contributed by atoms with Crippen molar-refractivity contribution in [3.8, 4) is 11.1 Å². The van der Waals surface area contributed by atoms with Gasteiger partial charge in [-0.1, -0.05) is 48.5 Å². The zero-order chi connectivity index (χ0) is 17.6. The summed E-state index contributed by atoms with van der Waals surface area (Å²) in [5.41, 5.74) is 4.78. The van der Waals surface area contributed by atoms with Crippen LogP contribution in [0.3, 0.4) is 0 Å². The third kappa shape index (κ3) is 3.83. The molecule has 5 heteroatoms. The van der Waals surface area contributed by atoms with Crippen LogP contribution in [0.4, 0.5) is 4.79 Å². The van der Waals surface area contributed by atoms with E-state index in [0.717, 1.165) is 0 Å². The first-order valence-electron chi connectivity index (χ1n) is 8.47. The van der Waals surface area contributed by atoms with Crippen LogP contribution < -0.4 is 5.32 Å². The monoisotopic (exact) mass is 341 g/mol. The Labute approximate surface area is 147 Å². The van der Waals surface area contributed by atoms with Crippen LogP contribution in [-0.2, 0) is 9.47 Å². The molecule has 2 aromatic carbocycles. The van der Waals surface area contributed by atoms with Gasteiger partial charge in [0.05, 0.1) is 6.10 Å². The summed E-state index contributed by atoms with van der Waals surface area (Å²) < 4.78 is 10.6. The molecule has 3 rings (SSSR count).